The molecule has 2 saturated carbocycles. The van der Waals surface area contributed by atoms with Crippen molar-refractivity contribution in [1.29, 1.82) is 0 Å². The topological polar surface area (TPSA) is 71.1 Å². The largest absolute Gasteiger partial charge is 0.376 e. The Morgan fingerprint density at radius 1 is 0.850 bits per heavy atom. The highest BCUT2D eigenvalue weighted by atomic mass is 35.5. The highest BCUT2D eigenvalue weighted by Crippen LogP contribution is 2.75. The second kappa shape index (κ2) is 11.1. The van der Waals surface area contributed by atoms with Gasteiger partial charge in [0.25, 0.3) is 0 Å². The monoisotopic (exact) mass is 628 g/mol. The summed E-state index contributed by atoms with van der Waals surface area (Å²) in [5.74, 6) is -0.0744. The average Bonchev–Trinajstić information content (AvgIpc) is 3.38. The molecule has 0 spiro atoms. The number of rotatable bonds is 10. The van der Waals surface area contributed by atoms with Crippen LogP contribution in [0.3, 0.4) is 0 Å². The van der Waals surface area contributed by atoms with E-state index in [0.717, 1.165) is 0 Å². The van der Waals surface area contributed by atoms with E-state index in [1.165, 1.54) is 0 Å². The molecule has 2 aliphatic carbocycles. The first-order valence-electron chi connectivity index (χ1n) is 13.3. The third-order valence-electron chi connectivity index (χ3n) is 9.36. The number of hydrogen-bond acceptors (Lipinski definition) is 6. The summed E-state index contributed by atoms with van der Waals surface area (Å²) in [6.45, 7) is 6.54. The van der Waals surface area contributed by atoms with E-state index in [4.69, 9.17) is 65.4 Å². The first-order chi connectivity index (χ1) is 18.9. The predicted molar refractivity (Wildman–Crippen MR) is 154 cm³/mol. The average molecular weight is 630 g/mol. The Balaban J connectivity index is 1.49. The van der Waals surface area contributed by atoms with E-state index in [0.29, 0.717) is 44.2 Å². The van der Waals surface area contributed by atoms with Crippen LogP contribution in [0.25, 0.3) is 0 Å². The molecule has 2 aromatic carbocycles. The number of benzene rings is 2. The first-order valence-corrected chi connectivity index (χ1v) is 14.8. The second-order valence-electron chi connectivity index (χ2n) is 11.4. The van der Waals surface area contributed by atoms with Gasteiger partial charge in [0.15, 0.2) is 12.1 Å². The molecule has 0 radical (unpaired) electrons. The molecule has 2 aromatic rings. The molecule has 10 heteroatoms. The molecule has 3 fully saturated rings. The van der Waals surface area contributed by atoms with Gasteiger partial charge in [-0.3, -0.25) is 9.59 Å². The summed E-state index contributed by atoms with van der Waals surface area (Å²) in [6, 6.07) is 10.5. The Morgan fingerprint density at radius 2 is 1.38 bits per heavy atom. The van der Waals surface area contributed by atoms with Crippen molar-refractivity contribution in [3.63, 3.8) is 0 Å². The van der Waals surface area contributed by atoms with E-state index < -0.39 is 28.1 Å². The highest BCUT2D eigenvalue weighted by molar-refractivity contribution is 6.36. The lowest BCUT2D eigenvalue weighted by Gasteiger charge is -2.48. The van der Waals surface area contributed by atoms with Gasteiger partial charge in [-0.05, 0) is 38.1 Å². The zero-order chi connectivity index (χ0) is 28.9. The van der Waals surface area contributed by atoms with Gasteiger partial charge in [-0.1, -0.05) is 65.5 Å². The summed E-state index contributed by atoms with van der Waals surface area (Å²) in [4.78, 5) is 27.6. The Bertz CT molecular complexity index is 1290. The standard InChI is InChI=1S/C30H32Cl4O6/c1-4-39-25-13-29-11-18(35)12-30(29,40-25)28(3,17-38-15-20-23(33)9-6-10-24(20)34)27(2,26(29)36)16-37-14-19-21(31)7-5-8-22(19)32/h5-10,25H,4,11-17H2,1-3H3/t25-,27+,28+,29+,30-/m1/s1. The summed E-state index contributed by atoms with van der Waals surface area (Å²) in [5, 5.41) is 1.94. The second-order valence-corrected chi connectivity index (χ2v) is 13.0. The summed E-state index contributed by atoms with van der Waals surface area (Å²) in [6.07, 6.45) is -0.0795. The smallest absolute Gasteiger partial charge is 0.159 e. The molecular formula is C30H32Cl4O6. The van der Waals surface area contributed by atoms with Crippen molar-refractivity contribution in [2.24, 2.45) is 16.2 Å². The molecule has 1 saturated heterocycles. The van der Waals surface area contributed by atoms with Crippen molar-refractivity contribution < 1.29 is 28.5 Å². The van der Waals surface area contributed by atoms with Crippen LogP contribution >= 0.6 is 46.4 Å². The minimum Gasteiger partial charge on any atom is -0.376 e. The molecule has 0 N–H and O–H groups in total. The first kappa shape index (κ1) is 30.2. The lowest BCUT2D eigenvalue weighted by atomic mass is 9.61. The number of ketones is 2. The van der Waals surface area contributed by atoms with Gasteiger partial charge in [0, 0.05) is 62.5 Å². The lowest BCUT2D eigenvalue weighted by Crippen LogP contribution is -2.56. The van der Waals surface area contributed by atoms with Crippen LogP contribution in [0.5, 0.6) is 0 Å². The Morgan fingerprint density at radius 3 is 1.90 bits per heavy atom. The molecule has 1 heterocycles. The fourth-order valence-electron chi connectivity index (χ4n) is 7.20. The maximum absolute atomic E-state index is 14.6. The van der Waals surface area contributed by atoms with Gasteiger partial charge in [0.05, 0.1) is 42.9 Å². The van der Waals surface area contributed by atoms with Crippen molar-refractivity contribution in [2.75, 3.05) is 19.8 Å². The molecule has 40 heavy (non-hydrogen) atoms. The van der Waals surface area contributed by atoms with Crippen LogP contribution in [0.1, 0.15) is 51.2 Å². The molecule has 216 valence electrons. The van der Waals surface area contributed by atoms with Gasteiger partial charge in [-0.15, -0.1) is 0 Å². The Labute approximate surface area is 254 Å². The quantitative estimate of drug-likeness (QED) is 0.271. The van der Waals surface area contributed by atoms with Gasteiger partial charge >= 0.3 is 0 Å². The van der Waals surface area contributed by atoms with E-state index in [-0.39, 0.29) is 50.8 Å². The predicted octanol–water partition coefficient (Wildman–Crippen LogP) is 7.50. The molecule has 6 nitrogen and oxygen atoms in total. The number of hydrogen-bond donors (Lipinski definition) is 0. The van der Waals surface area contributed by atoms with Crippen LogP contribution in [0.2, 0.25) is 20.1 Å². The molecule has 1 aliphatic heterocycles. The minimum atomic E-state index is -1.11. The maximum atomic E-state index is 14.6. The Kier molecular flexibility index (Phi) is 8.41. The van der Waals surface area contributed by atoms with Gasteiger partial charge in [-0.25, -0.2) is 0 Å². The molecule has 0 amide bonds. The molecule has 0 bridgehead atoms. The summed E-state index contributed by atoms with van der Waals surface area (Å²) in [7, 11) is 0. The molecule has 3 aliphatic rings. The summed E-state index contributed by atoms with van der Waals surface area (Å²) >= 11 is 25.5. The molecule has 5 rings (SSSR count). The third-order valence-corrected chi connectivity index (χ3v) is 10.8. The van der Waals surface area contributed by atoms with Gasteiger partial charge in [0.2, 0.25) is 0 Å². The van der Waals surface area contributed by atoms with Crippen molar-refractivity contribution in [3.8, 4) is 0 Å². The van der Waals surface area contributed by atoms with Crippen molar-refractivity contribution in [3.05, 3.63) is 67.6 Å². The number of carbonyl (C=O) groups excluding carboxylic acids is 2. The van der Waals surface area contributed by atoms with Crippen LogP contribution in [0.4, 0.5) is 0 Å². The lowest BCUT2D eigenvalue weighted by molar-refractivity contribution is -0.232. The van der Waals surface area contributed by atoms with Crippen molar-refractivity contribution in [1.82, 2.24) is 0 Å². The Hall–Kier alpha value is -1.22. The van der Waals surface area contributed by atoms with E-state index >= 15 is 0 Å². The normalized spacial score (nSPS) is 33.0. The minimum absolute atomic E-state index is 0.00510. The van der Waals surface area contributed by atoms with Crippen LogP contribution in [0, 0.1) is 16.2 Å². The maximum Gasteiger partial charge on any atom is 0.159 e. The highest BCUT2D eigenvalue weighted by Gasteiger charge is 2.85. The van der Waals surface area contributed by atoms with Crippen LogP contribution in [-0.2, 0) is 41.8 Å². The van der Waals surface area contributed by atoms with Crippen LogP contribution in [0.15, 0.2) is 36.4 Å². The number of Topliss-reactive ketones (excluding diaryl/α,β-unsaturated/α-hetero) is 2. The zero-order valence-electron chi connectivity index (χ0n) is 22.7. The third kappa shape index (κ3) is 4.46. The van der Waals surface area contributed by atoms with Crippen LogP contribution in [-0.4, -0.2) is 43.3 Å². The van der Waals surface area contributed by atoms with Gasteiger partial charge < -0.3 is 18.9 Å². The van der Waals surface area contributed by atoms with Crippen molar-refractivity contribution in [2.45, 2.75) is 65.1 Å². The molecule has 5 atom stereocenters. The SMILES string of the molecule is CCO[C@H]1C[C@]23CC(=O)C[C@@]2(O1)[C@@](C)(COCc1c(Cl)cccc1Cl)[C@@](C)(COCc1c(Cl)cccc1Cl)C3=O. The fourth-order valence-corrected chi connectivity index (χ4v) is 8.21. The zero-order valence-corrected chi connectivity index (χ0v) is 25.7. The van der Waals surface area contributed by atoms with E-state index in [1.807, 2.05) is 20.8 Å². The molecule has 0 aromatic heterocycles. The summed E-state index contributed by atoms with van der Waals surface area (Å²) < 4.78 is 25.0. The number of halogens is 4. The summed E-state index contributed by atoms with van der Waals surface area (Å²) in [5.41, 5.74) is -2.89. The fraction of sp³-hybridized carbons (Fsp3) is 0.533. The number of carbonyl (C=O) groups is 2. The molecular weight excluding hydrogens is 598 g/mol. The van der Waals surface area contributed by atoms with E-state index in [1.54, 1.807) is 36.4 Å². The van der Waals surface area contributed by atoms with E-state index in [2.05, 4.69) is 0 Å². The van der Waals surface area contributed by atoms with E-state index in [9.17, 15) is 9.59 Å². The van der Waals surface area contributed by atoms with Gasteiger partial charge in [0.1, 0.15) is 5.78 Å². The molecule has 0 unspecified atom stereocenters. The van der Waals surface area contributed by atoms with Crippen LogP contribution < -0.4 is 0 Å². The van der Waals surface area contributed by atoms with Gasteiger partial charge in [-0.2, -0.15) is 0 Å². The van der Waals surface area contributed by atoms with Crippen molar-refractivity contribution >= 4 is 58.0 Å². The number of ether oxygens (including phenoxy) is 4.